The number of nitrogens with one attached hydrogen (secondary N) is 1. The number of hydrogen-bond donors (Lipinski definition) is 1. The minimum Gasteiger partial charge on any atom is -0.334 e. The standard InChI is InChI=1S/C18H17N3O2/c1-12(2)19-18(23)21-17(22)15-11-7-6-10-14(15)16(20-21)13-8-4-3-5-9-13/h3-12H,1-2H3,(H,19,23). The molecule has 1 heterocycles. The van der Waals surface area contributed by atoms with Crippen LogP contribution in [0.1, 0.15) is 13.8 Å². The van der Waals surface area contributed by atoms with Crippen LogP contribution >= 0.6 is 0 Å². The first-order valence-corrected chi connectivity index (χ1v) is 7.46. The molecule has 1 aromatic heterocycles. The summed E-state index contributed by atoms with van der Waals surface area (Å²) < 4.78 is 0.907. The van der Waals surface area contributed by atoms with Gasteiger partial charge in [-0.3, -0.25) is 4.79 Å². The molecular formula is C18H17N3O2. The van der Waals surface area contributed by atoms with Crippen LogP contribution in [0.3, 0.4) is 0 Å². The van der Waals surface area contributed by atoms with Crippen molar-refractivity contribution in [2.24, 2.45) is 0 Å². The van der Waals surface area contributed by atoms with Gasteiger partial charge in [-0.1, -0.05) is 48.5 Å². The molecule has 0 aliphatic heterocycles. The molecule has 0 bridgehead atoms. The molecule has 0 saturated heterocycles. The van der Waals surface area contributed by atoms with E-state index in [0.717, 1.165) is 15.6 Å². The maximum Gasteiger partial charge on any atom is 0.345 e. The minimum absolute atomic E-state index is 0.0807. The van der Waals surface area contributed by atoms with Crippen LogP contribution in [0.4, 0.5) is 4.79 Å². The van der Waals surface area contributed by atoms with Crippen LogP contribution in [0, 0.1) is 0 Å². The van der Waals surface area contributed by atoms with Gasteiger partial charge in [-0.05, 0) is 19.9 Å². The Labute approximate surface area is 133 Å². The van der Waals surface area contributed by atoms with Crippen LogP contribution in [0.25, 0.3) is 22.0 Å². The van der Waals surface area contributed by atoms with E-state index in [0.29, 0.717) is 11.1 Å². The zero-order valence-electron chi connectivity index (χ0n) is 13.0. The molecule has 2 aromatic carbocycles. The van der Waals surface area contributed by atoms with Crippen molar-refractivity contribution in [2.75, 3.05) is 0 Å². The van der Waals surface area contributed by atoms with Crippen molar-refractivity contribution in [3.05, 3.63) is 65.0 Å². The lowest BCUT2D eigenvalue weighted by Crippen LogP contribution is -2.41. The molecule has 1 N–H and O–H groups in total. The maximum absolute atomic E-state index is 12.6. The number of amides is 1. The van der Waals surface area contributed by atoms with Crippen LogP contribution in [-0.4, -0.2) is 21.9 Å². The zero-order chi connectivity index (χ0) is 16.4. The van der Waals surface area contributed by atoms with E-state index in [1.54, 1.807) is 12.1 Å². The Bertz CT molecular complexity index is 914. The summed E-state index contributed by atoms with van der Waals surface area (Å²) in [6.07, 6.45) is 0. The van der Waals surface area contributed by atoms with Crippen LogP contribution in [0.2, 0.25) is 0 Å². The Morgan fingerprint density at radius 1 is 1.00 bits per heavy atom. The van der Waals surface area contributed by atoms with Crippen molar-refractivity contribution in [1.82, 2.24) is 15.1 Å². The van der Waals surface area contributed by atoms with E-state index < -0.39 is 11.6 Å². The zero-order valence-corrected chi connectivity index (χ0v) is 13.0. The number of fused-ring (bicyclic) bond motifs is 1. The Balaban J connectivity index is 2.29. The summed E-state index contributed by atoms with van der Waals surface area (Å²) in [6, 6.07) is 16.1. The fourth-order valence-electron chi connectivity index (χ4n) is 2.44. The van der Waals surface area contributed by atoms with E-state index in [9.17, 15) is 9.59 Å². The van der Waals surface area contributed by atoms with Gasteiger partial charge in [0.05, 0.1) is 11.1 Å². The highest BCUT2D eigenvalue weighted by atomic mass is 16.2. The smallest absolute Gasteiger partial charge is 0.334 e. The van der Waals surface area contributed by atoms with E-state index in [1.165, 1.54) is 0 Å². The molecule has 5 heteroatoms. The normalized spacial score (nSPS) is 10.9. The lowest BCUT2D eigenvalue weighted by molar-refractivity contribution is 0.236. The van der Waals surface area contributed by atoms with Gasteiger partial charge in [-0.2, -0.15) is 5.10 Å². The fraction of sp³-hybridized carbons (Fsp3) is 0.167. The van der Waals surface area contributed by atoms with Gasteiger partial charge >= 0.3 is 6.03 Å². The summed E-state index contributed by atoms with van der Waals surface area (Å²) >= 11 is 0. The SMILES string of the molecule is CC(C)NC(=O)n1nc(-c2ccccc2)c2ccccc2c1=O. The van der Waals surface area contributed by atoms with Gasteiger partial charge in [-0.25, -0.2) is 4.79 Å². The Morgan fingerprint density at radius 2 is 1.61 bits per heavy atom. The molecule has 3 rings (SSSR count). The van der Waals surface area contributed by atoms with E-state index in [-0.39, 0.29) is 6.04 Å². The highest BCUT2D eigenvalue weighted by Gasteiger charge is 2.16. The minimum atomic E-state index is -0.520. The van der Waals surface area contributed by atoms with Gasteiger partial charge in [0.25, 0.3) is 5.56 Å². The van der Waals surface area contributed by atoms with E-state index in [2.05, 4.69) is 10.4 Å². The lowest BCUT2D eigenvalue weighted by Gasteiger charge is -2.12. The number of carbonyl (C=O) groups excluding carboxylic acids is 1. The van der Waals surface area contributed by atoms with Crippen LogP contribution in [0.5, 0.6) is 0 Å². The number of nitrogens with zero attached hydrogens (tertiary/aromatic N) is 2. The monoisotopic (exact) mass is 307 g/mol. The second-order valence-electron chi connectivity index (χ2n) is 5.58. The summed E-state index contributed by atoms with van der Waals surface area (Å²) in [6.45, 7) is 3.67. The molecule has 0 atom stereocenters. The van der Waals surface area contributed by atoms with Crippen LogP contribution < -0.4 is 10.9 Å². The Kier molecular flexibility index (Phi) is 3.93. The molecule has 23 heavy (non-hydrogen) atoms. The number of benzene rings is 2. The van der Waals surface area contributed by atoms with Crippen molar-refractivity contribution in [1.29, 1.82) is 0 Å². The fourth-order valence-corrected chi connectivity index (χ4v) is 2.44. The summed E-state index contributed by atoms with van der Waals surface area (Å²) in [5.41, 5.74) is 1.05. The summed E-state index contributed by atoms with van der Waals surface area (Å²) in [5.74, 6) is 0. The predicted octanol–water partition coefficient (Wildman–Crippen LogP) is 3.03. The molecule has 0 unspecified atom stereocenters. The van der Waals surface area contributed by atoms with E-state index in [1.807, 2.05) is 56.3 Å². The molecule has 116 valence electrons. The quantitative estimate of drug-likeness (QED) is 0.791. The highest BCUT2D eigenvalue weighted by Crippen LogP contribution is 2.24. The van der Waals surface area contributed by atoms with Crippen molar-refractivity contribution in [3.8, 4) is 11.3 Å². The molecule has 0 fully saturated rings. The second kappa shape index (κ2) is 6.04. The largest absolute Gasteiger partial charge is 0.345 e. The molecule has 5 nitrogen and oxygen atoms in total. The molecule has 0 radical (unpaired) electrons. The Morgan fingerprint density at radius 3 is 2.26 bits per heavy atom. The van der Waals surface area contributed by atoms with Gasteiger partial charge in [0.1, 0.15) is 0 Å². The molecule has 0 spiro atoms. The first-order valence-electron chi connectivity index (χ1n) is 7.46. The summed E-state index contributed by atoms with van der Waals surface area (Å²) in [4.78, 5) is 24.9. The van der Waals surface area contributed by atoms with Gasteiger partial charge in [-0.15, -0.1) is 4.68 Å². The number of carbonyl (C=O) groups is 1. The highest BCUT2D eigenvalue weighted by molar-refractivity contribution is 5.95. The van der Waals surface area contributed by atoms with Crippen molar-refractivity contribution >= 4 is 16.8 Å². The third-order valence-electron chi connectivity index (χ3n) is 3.46. The summed E-state index contributed by atoms with van der Waals surface area (Å²) in [7, 11) is 0. The first kappa shape index (κ1) is 15.0. The molecular weight excluding hydrogens is 290 g/mol. The van der Waals surface area contributed by atoms with Crippen molar-refractivity contribution < 1.29 is 4.79 Å². The van der Waals surface area contributed by atoms with Crippen molar-refractivity contribution in [2.45, 2.75) is 19.9 Å². The second-order valence-corrected chi connectivity index (χ2v) is 5.58. The number of rotatable bonds is 2. The molecule has 0 saturated carbocycles. The molecule has 0 aliphatic rings. The van der Waals surface area contributed by atoms with Crippen molar-refractivity contribution in [3.63, 3.8) is 0 Å². The van der Waals surface area contributed by atoms with Gasteiger partial charge in [0.15, 0.2) is 0 Å². The number of hydrogen-bond acceptors (Lipinski definition) is 3. The average Bonchev–Trinajstić information content (AvgIpc) is 2.55. The summed E-state index contributed by atoms with van der Waals surface area (Å²) in [5, 5.41) is 8.23. The van der Waals surface area contributed by atoms with E-state index >= 15 is 0 Å². The molecule has 0 aliphatic carbocycles. The molecule has 1 amide bonds. The maximum atomic E-state index is 12.6. The van der Waals surface area contributed by atoms with E-state index in [4.69, 9.17) is 0 Å². The van der Waals surface area contributed by atoms with Gasteiger partial charge < -0.3 is 5.32 Å². The average molecular weight is 307 g/mol. The number of aromatic nitrogens is 2. The van der Waals surface area contributed by atoms with Gasteiger partial charge in [0, 0.05) is 17.0 Å². The Hall–Kier alpha value is -2.95. The first-order chi connectivity index (χ1) is 11.1. The van der Waals surface area contributed by atoms with Crippen LogP contribution in [0.15, 0.2) is 59.4 Å². The van der Waals surface area contributed by atoms with Crippen LogP contribution in [-0.2, 0) is 0 Å². The topological polar surface area (TPSA) is 64.0 Å². The molecule has 3 aromatic rings. The third kappa shape index (κ3) is 2.85. The third-order valence-corrected chi connectivity index (χ3v) is 3.46. The predicted molar refractivity (Wildman–Crippen MR) is 90.5 cm³/mol. The lowest BCUT2D eigenvalue weighted by atomic mass is 10.1. The van der Waals surface area contributed by atoms with Gasteiger partial charge in [0.2, 0.25) is 0 Å².